The Hall–Kier alpha value is -2.62. The third-order valence-electron chi connectivity index (χ3n) is 3.12. The number of nitrogens with zero attached hydrogens (tertiary/aromatic N) is 1. The van der Waals surface area contributed by atoms with Crippen molar-refractivity contribution in [1.29, 1.82) is 0 Å². The summed E-state index contributed by atoms with van der Waals surface area (Å²) in [5.41, 5.74) is 4.10. The van der Waals surface area contributed by atoms with Gasteiger partial charge in [-0.3, -0.25) is 9.59 Å². The normalized spacial score (nSPS) is 10.5. The Morgan fingerprint density at radius 3 is 2.52 bits per heavy atom. The number of halogens is 1. The zero-order chi connectivity index (χ0) is 18.4. The minimum Gasteiger partial charge on any atom is -0.504 e. The molecular formula is C17H16IN3O4. The van der Waals surface area contributed by atoms with Crippen LogP contribution in [-0.2, 0) is 4.79 Å². The van der Waals surface area contributed by atoms with Gasteiger partial charge < -0.3 is 15.2 Å². The van der Waals surface area contributed by atoms with Crippen molar-refractivity contribution in [3.05, 3.63) is 51.1 Å². The van der Waals surface area contributed by atoms with Gasteiger partial charge in [0.1, 0.15) is 0 Å². The van der Waals surface area contributed by atoms with E-state index in [0.29, 0.717) is 26.1 Å². The first-order chi connectivity index (χ1) is 11.9. The fourth-order valence-corrected chi connectivity index (χ4v) is 2.59. The number of benzene rings is 2. The number of rotatable bonds is 5. The summed E-state index contributed by atoms with van der Waals surface area (Å²) in [6.45, 7) is 1.41. The second-order valence-electron chi connectivity index (χ2n) is 5.01. The molecule has 0 unspecified atom stereocenters. The highest BCUT2D eigenvalue weighted by atomic mass is 127. The number of carbonyl (C=O) groups is 2. The van der Waals surface area contributed by atoms with Gasteiger partial charge in [0.15, 0.2) is 11.5 Å². The smallest absolute Gasteiger partial charge is 0.271 e. The van der Waals surface area contributed by atoms with Crippen LogP contribution < -0.4 is 15.5 Å². The lowest BCUT2D eigenvalue weighted by Gasteiger charge is -2.06. The molecule has 0 aromatic heterocycles. The van der Waals surface area contributed by atoms with Crippen molar-refractivity contribution in [3.63, 3.8) is 0 Å². The highest BCUT2D eigenvalue weighted by Crippen LogP contribution is 2.31. The summed E-state index contributed by atoms with van der Waals surface area (Å²) >= 11 is 1.98. The Bertz CT molecular complexity index is 819. The van der Waals surface area contributed by atoms with E-state index < -0.39 is 0 Å². The van der Waals surface area contributed by atoms with Gasteiger partial charge in [0.2, 0.25) is 5.91 Å². The van der Waals surface area contributed by atoms with Gasteiger partial charge in [0.25, 0.3) is 5.91 Å². The van der Waals surface area contributed by atoms with Crippen LogP contribution in [0.4, 0.5) is 5.69 Å². The second-order valence-corrected chi connectivity index (χ2v) is 6.17. The number of phenolic OH excluding ortho intramolecular Hbond substituents is 1. The molecule has 0 saturated heterocycles. The Morgan fingerprint density at radius 1 is 1.24 bits per heavy atom. The molecule has 0 fully saturated rings. The highest BCUT2D eigenvalue weighted by Gasteiger charge is 2.08. The number of ether oxygens (including phenoxy) is 1. The molecule has 2 aromatic rings. The molecule has 8 heteroatoms. The summed E-state index contributed by atoms with van der Waals surface area (Å²) in [5, 5.41) is 16.3. The number of carbonyl (C=O) groups excluding carboxylic acids is 2. The second kappa shape index (κ2) is 8.47. The fraction of sp³-hybridized carbons (Fsp3) is 0.118. The molecule has 0 aliphatic carbocycles. The highest BCUT2D eigenvalue weighted by molar-refractivity contribution is 14.1. The van der Waals surface area contributed by atoms with Crippen molar-refractivity contribution < 1.29 is 19.4 Å². The van der Waals surface area contributed by atoms with E-state index in [2.05, 4.69) is 15.8 Å². The summed E-state index contributed by atoms with van der Waals surface area (Å²) < 4.78 is 5.68. The monoisotopic (exact) mass is 453 g/mol. The number of hydrogen-bond acceptors (Lipinski definition) is 5. The van der Waals surface area contributed by atoms with Crippen LogP contribution in [0.15, 0.2) is 41.5 Å². The summed E-state index contributed by atoms with van der Waals surface area (Å²) in [6, 6.07) is 9.75. The van der Waals surface area contributed by atoms with Crippen molar-refractivity contribution in [2.24, 2.45) is 5.10 Å². The Morgan fingerprint density at radius 2 is 1.92 bits per heavy atom. The Balaban J connectivity index is 2.03. The van der Waals surface area contributed by atoms with Gasteiger partial charge in [-0.05, 0) is 64.6 Å². The van der Waals surface area contributed by atoms with Gasteiger partial charge in [-0.2, -0.15) is 5.10 Å². The molecule has 3 N–H and O–H groups in total. The van der Waals surface area contributed by atoms with Crippen LogP contribution in [0.1, 0.15) is 22.8 Å². The Labute approximate surface area is 158 Å². The van der Waals surface area contributed by atoms with E-state index in [1.807, 2.05) is 22.6 Å². The van der Waals surface area contributed by atoms with Crippen LogP contribution in [0.3, 0.4) is 0 Å². The first kappa shape index (κ1) is 18.7. The standard InChI is InChI=1S/C17H16IN3O4/c1-10(22)20-13-5-3-12(4-6-13)17(24)21-19-9-11-7-14(18)16(23)15(8-11)25-2/h3-9,23H,1-2H3,(H,20,22)(H,21,24)/b19-9+. The molecule has 2 rings (SSSR count). The van der Waals surface area contributed by atoms with E-state index in [-0.39, 0.29) is 17.6 Å². The molecule has 0 aliphatic heterocycles. The molecule has 0 aliphatic rings. The molecule has 0 heterocycles. The largest absolute Gasteiger partial charge is 0.504 e. The maximum absolute atomic E-state index is 12.0. The maximum atomic E-state index is 12.0. The van der Waals surface area contributed by atoms with E-state index in [0.717, 1.165) is 0 Å². The van der Waals surface area contributed by atoms with Crippen LogP contribution in [0.5, 0.6) is 11.5 Å². The van der Waals surface area contributed by atoms with Crippen LogP contribution in [0.25, 0.3) is 0 Å². The molecule has 0 bridgehead atoms. The van der Waals surface area contributed by atoms with E-state index in [4.69, 9.17) is 4.74 Å². The number of amides is 2. The lowest BCUT2D eigenvalue weighted by Crippen LogP contribution is -2.17. The molecule has 130 valence electrons. The lowest BCUT2D eigenvalue weighted by molar-refractivity contribution is -0.114. The third kappa shape index (κ3) is 5.18. The summed E-state index contributed by atoms with van der Waals surface area (Å²) in [7, 11) is 1.46. The predicted octanol–water partition coefficient (Wildman–Crippen LogP) is 2.73. The number of anilines is 1. The molecule has 0 saturated carbocycles. The van der Waals surface area contributed by atoms with Crippen LogP contribution in [0, 0.1) is 3.57 Å². The van der Waals surface area contributed by atoms with Crippen molar-refractivity contribution in [3.8, 4) is 11.5 Å². The number of hydrogen-bond donors (Lipinski definition) is 3. The number of hydrazone groups is 1. The minimum absolute atomic E-state index is 0.0588. The maximum Gasteiger partial charge on any atom is 0.271 e. The summed E-state index contributed by atoms with van der Waals surface area (Å²) in [4.78, 5) is 23.0. The van der Waals surface area contributed by atoms with Crippen LogP contribution in [-0.4, -0.2) is 30.2 Å². The zero-order valence-electron chi connectivity index (χ0n) is 13.5. The molecule has 0 atom stereocenters. The van der Waals surface area contributed by atoms with E-state index in [1.165, 1.54) is 20.2 Å². The molecular weight excluding hydrogens is 437 g/mol. The zero-order valence-corrected chi connectivity index (χ0v) is 15.7. The predicted molar refractivity (Wildman–Crippen MR) is 103 cm³/mol. The summed E-state index contributed by atoms with van der Waals surface area (Å²) in [5.74, 6) is -0.177. The first-order valence-electron chi connectivity index (χ1n) is 7.18. The minimum atomic E-state index is -0.383. The van der Waals surface area contributed by atoms with Gasteiger partial charge in [0.05, 0.1) is 16.9 Å². The van der Waals surface area contributed by atoms with Gasteiger partial charge in [-0.1, -0.05) is 0 Å². The average Bonchev–Trinajstić information content (AvgIpc) is 2.57. The average molecular weight is 453 g/mol. The van der Waals surface area contributed by atoms with Crippen LogP contribution in [0.2, 0.25) is 0 Å². The number of aromatic hydroxyl groups is 1. The molecule has 25 heavy (non-hydrogen) atoms. The quantitative estimate of drug-likeness (QED) is 0.368. The fourth-order valence-electron chi connectivity index (χ4n) is 1.96. The van der Waals surface area contributed by atoms with Crippen LogP contribution >= 0.6 is 22.6 Å². The summed E-state index contributed by atoms with van der Waals surface area (Å²) in [6.07, 6.45) is 1.45. The molecule has 0 radical (unpaired) electrons. The number of nitrogens with one attached hydrogen (secondary N) is 2. The topological polar surface area (TPSA) is 100 Å². The molecule has 2 amide bonds. The van der Waals surface area contributed by atoms with Gasteiger partial charge in [-0.15, -0.1) is 0 Å². The number of methoxy groups -OCH3 is 1. The van der Waals surface area contributed by atoms with Gasteiger partial charge >= 0.3 is 0 Å². The molecule has 2 aromatic carbocycles. The van der Waals surface area contributed by atoms with Crippen molar-refractivity contribution in [2.75, 3.05) is 12.4 Å². The lowest BCUT2D eigenvalue weighted by atomic mass is 10.2. The SMILES string of the molecule is COc1cc(/C=N/NC(=O)c2ccc(NC(C)=O)cc2)cc(I)c1O. The van der Waals surface area contributed by atoms with Crippen molar-refractivity contribution >= 4 is 46.3 Å². The number of phenols is 1. The molecule has 0 spiro atoms. The van der Waals surface area contributed by atoms with Gasteiger partial charge in [-0.25, -0.2) is 5.43 Å². The first-order valence-corrected chi connectivity index (χ1v) is 8.26. The van der Waals surface area contributed by atoms with Gasteiger partial charge in [0, 0.05) is 18.2 Å². The van der Waals surface area contributed by atoms with E-state index in [1.54, 1.807) is 36.4 Å². The van der Waals surface area contributed by atoms with Crippen molar-refractivity contribution in [2.45, 2.75) is 6.92 Å². The molecule has 7 nitrogen and oxygen atoms in total. The van der Waals surface area contributed by atoms with Crippen molar-refractivity contribution in [1.82, 2.24) is 5.43 Å². The Kier molecular flexibility index (Phi) is 6.34. The van der Waals surface area contributed by atoms with E-state index >= 15 is 0 Å². The third-order valence-corrected chi connectivity index (χ3v) is 3.94. The van der Waals surface area contributed by atoms with E-state index in [9.17, 15) is 14.7 Å².